The van der Waals surface area contributed by atoms with Crippen molar-refractivity contribution in [2.45, 2.75) is 30.5 Å². The van der Waals surface area contributed by atoms with Crippen molar-refractivity contribution in [1.82, 2.24) is 5.32 Å². The van der Waals surface area contributed by atoms with E-state index >= 15 is 0 Å². The molecule has 1 heterocycles. The number of hydrogen-bond acceptors (Lipinski definition) is 6. The molecule has 8 nitrogen and oxygen atoms in total. The fraction of sp³-hybridized carbons (Fsp3) is 0.263. The Balaban J connectivity index is 1.64. The molecule has 1 aliphatic carbocycles. The van der Waals surface area contributed by atoms with Gasteiger partial charge >= 0.3 is 12.1 Å². The van der Waals surface area contributed by atoms with Crippen molar-refractivity contribution in [3.05, 3.63) is 69.3 Å². The SMILES string of the molecule is N#CC(F)(c1ccccc1C1(NC(=O)c2ccc3c(c2)OC(F)(F)O3)CC1)[N+](=O)[O-]. The molecule has 2 aromatic rings. The van der Waals surface area contributed by atoms with Crippen LogP contribution in [0.5, 0.6) is 11.5 Å². The number of nitro groups is 1. The third kappa shape index (κ3) is 3.06. The van der Waals surface area contributed by atoms with Gasteiger partial charge in [-0.25, -0.2) is 0 Å². The van der Waals surface area contributed by atoms with Crippen molar-refractivity contribution in [3.8, 4) is 17.6 Å². The number of halogens is 3. The van der Waals surface area contributed by atoms with E-state index in [1.165, 1.54) is 24.3 Å². The van der Waals surface area contributed by atoms with Crippen molar-refractivity contribution >= 4 is 5.91 Å². The molecule has 1 aliphatic heterocycles. The molecule has 11 heteroatoms. The van der Waals surface area contributed by atoms with E-state index in [4.69, 9.17) is 5.26 Å². The van der Waals surface area contributed by atoms with Crippen molar-refractivity contribution in [3.63, 3.8) is 0 Å². The summed E-state index contributed by atoms with van der Waals surface area (Å²) in [6, 6.07) is 9.91. The molecule has 0 spiro atoms. The van der Waals surface area contributed by atoms with Crippen LogP contribution in [0.1, 0.15) is 34.3 Å². The van der Waals surface area contributed by atoms with Crippen LogP contribution in [0.2, 0.25) is 0 Å². The molecule has 0 bridgehead atoms. The van der Waals surface area contributed by atoms with Crippen LogP contribution in [0.3, 0.4) is 0 Å². The van der Waals surface area contributed by atoms with Gasteiger partial charge in [-0.15, -0.1) is 13.2 Å². The number of alkyl halides is 3. The van der Waals surface area contributed by atoms with E-state index in [9.17, 15) is 28.1 Å². The van der Waals surface area contributed by atoms with Crippen LogP contribution in [-0.4, -0.2) is 17.1 Å². The Bertz CT molecular complexity index is 1110. The summed E-state index contributed by atoms with van der Waals surface area (Å²) in [6.45, 7) is 0. The van der Waals surface area contributed by atoms with E-state index < -0.39 is 34.0 Å². The van der Waals surface area contributed by atoms with Crippen molar-refractivity contribution in [2.24, 2.45) is 0 Å². The Morgan fingerprint density at radius 1 is 1.20 bits per heavy atom. The standard InChI is InChI=1S/C19H12F3N3O5/c20-18(10-23,25(27)28)13-4-2-1-3-12(13)17(7-8-17)24-16(26)11-5-6-14-15(9-11)30-19(21,22)29-14/h1-6,9H,7-8H2,(H,24,26). The molecule has 1 saturated carbocycles. The van der Waals surface area contributed by atoms with Gasteiger partial charge in [0.05, 0.1) is 16.0 Å². The summed E-state index contributed by atoms with van der Waals surface area (Å²) in [4.78, 5) is 22.6. The smallest absolute Gasteiger partial charge is 0.395 e. The summed E-state index contributed by atoms with van der Waals surface area (Å²) >= 11 is 0. The number of amides is 1. The normalized spacial score (nSPS) is 19.3. The highest BCUT2D eigenvalue weighted by atomic mass is 19.3. The van der Waals surface area contributed by atoms with Crippen LogP contribution in [0.4, 0.5) is 13.2 Å². The summed E-state index contributed by atoms with van der Waals surface area (Å²) in [5.74, 6) is -4.73. The molecule has 30 heavy (non-hydrogen) atoms. The number of ether oxygens (including phenoxy) is 2. The third-order valence-corrected chi connectivity index (χ3v) is 4.97. The van der Waals surface area contributed by atoms with E-state index in [2.05, 4.69) is 14.8 Å². The average Bonchev–Trinajstić information content (AvgIpc) is 3.41. The lowest BCUT2D eigenvalue weighted by Crippen LogP contribution is -2.38. The number of nitrogens with zero attached hydrogens (tertiary/aromatic N) is 2. The predicted molar refractivity (Wildman–Crippen MR) is 92.9 cm³/mol. The molecule has 1 amide bonds. The lowest BCUT2D eigenvalue weighted by Gasteiger charge is -2.22. The fourth-order valence-electron chi connectivity index (χ4n) is 3.36. The van der Waals surface area contributed by atoms with E-state index in [0.717, 1.165) is 24.3 Å². The molecule has 0 aromatic heterocycles. The van der Waals surface area contributed by atoms with E-state index in [1.54, 1.807) is 0 Å². The number of carbonyl (C=O) groups excluding carboxylic acids is 1. The van der Waals surface area contributed by atoms with Gasteiger partial charge in [0.1, 0.15) is 0 Å². The minimum absolute atomic E-state index is 0.0279. The number of benzene rings is 2. The Morgan fingerprint density at radius 3 is 2.50 bits per heavy atom. The van der Waals surface area contributed by atoms with E-state index in [0.29, 0.717) is 12.8 Å². The summed E-state index contributed by atoms with van der Waals surface area (Å²) in [6.07, 6.45) is -3.15. The summed E-state index contributed by atoms with van der Waals surface area (Å²) in [7, 11) is 0. The molecule has 0 radical (unpaired) electrons. The molecular weight excluding hydrogens is 407 g/mol. The second-order valence-corrected chi connectivity index (χ2v) is 6.90. The quantitative estimate of drug-likeness (QED) is 0.452. The summed E-state index contributed by atoms with van der Waals surface area (Å²) < 4.78 is 49.7. The second-order valence-electron chi connectivity index (χ2n) is 6.90. The van der Waals surface area contributed by atoms with Crippen LogP contribution in [-0.2, 0) is 11.3 Å². The van der Waals surface area contributed by atoms with Gasteiger partial charge in [-0.2, -0.15) is 5.26 Å². The number of nitriles is 1. The molecular formula is C19H12F3N3O5. The summed E-state index contributed by atoms with van der Waals surface area (Å²) in [5.41, 5.74) is -1.52. The Kier molecular flexibility index (Phi) is 4.13. The van der Waals surface area contributed by atoms with Gasteiger partial charge in [0, 0.05) is 5.56 Å². The zero-order chi connectivity index (χ0) is 21.7. The number of nitrogens with one attached hydrogen (secondary N) is 1. The highest BCUT2D eigenvalue weighted by Gasteiger charge is 2.55. The van der Waals surface area contributed by atoms with Gasteiger partial charge in [-0.05, 0) is 42.7 Å². The maximum absolute atomic E-state index is 14.8. The lowest BCUT2D eigenvalue weighted by molar-refractivity contribution is -0.596. The van der Waals surface area contributed by atoms with Crippen molar-refractivity contribution in [1.29, 1.82) is 5.26 Å². The summed E-state index contributed by atoms with van der Waals surface area (Å²) in [5, 5.41) is 22.9. The van der Waals surface area contributed by atoms with Crippen LogP contribution in [0, 0.1) is 21.4 Å². The number of hydrogen-bond donors (Lipinski definition) is 1. The Morgan fingerprint density at radius 2 is 1.87 bits per heavy atom. The molecule has 1 atom stereocenters. The first-order valence-electron chi connectivity index (χ1n) is 8.67. The van der Waals surface area contributed by atoms with Gasteiger partial charge in [0.25, 0.3) is 5.91 Å². The molecule has 0 saturated heterocycles. The monoisotopic (exact) mass is 419 g/mol. The van der Waals surface area contributed by atoms with Gasteiger partial charge in [0.2, 0.25) is 0 Å². The maximum atomic E-state index is 14.8. The van der Waals surface area contributed by atoms with Gasteiger partial charge in [-0.3, -0.25) is 14.9 Å². The van der Waals surface area contributed by atoms with Gasteiger partial charge < -0.3 is 14.8 Å². The zero-order valence-corrected chi connectivity index (χ0v) is 15.0. The van der Waals surface area contributed by atoms with E-state index in [1.807, 2.05) is 0 Å². The molecule has 154 valence electrons. The van der Waals surface area contributed by atoms with Crippen LogP contribution in [0.15, 0.2) is 42.5 Å². The topological polar surface area (TPSA) is 114 Å². The number of carbonyl (C=O) groups is 1. The van der Waals surface area contributed by atoms with Gasteiger partial charge in [-0.1, -0.05) is 18.2 Å². The molecule has 4 rings (SSSR count). The molecule has 2 aromatic carbocycles. The minimum Gasteiger partial charge on any atom is -0.395 e. The van der Waals surface area contributed by atoms with Crippen LogP contribution in [0.25, 0.3) is 0 Å². The predicted octanol–water partition coefficient (Wildman–Crippen LogP) is 3.35. The first kappa shape index (κ1) is 19.5. The minimum atomic E-state index is -3.83. The molecule has 2 aliphatic rings. The zero-order valence-electron chi connectivity index (χ0n) is 15.0. The third-order valence-electron chi connectivity index (χ3n) is 4.97. The Hall–Kier alpha value is -3.81. The van der Waals surface area contributed by atoms with Crippen LogP contribution >= 0.6 is 0 Å². The highest BCUT2D eigenvalue weighted by Crippen LogP contribution is 2.49. The van der Waals surface area contributed by atoms with Gasteiger partial charge in [0.15, 0.2) is 17.6 Å². The average molecular weight is 419 g/mol. The highest BCUT2D eigenvalue weighted by molar-refractivity contribution is 5.95. The first-order chi connectivity index (χ1) is 14.1. The largest absolute Gasteiger partial charge is 0.586 e. The number of fused-ring (bicyclic) bond motifs is 1. The molecule has 1 N–H and O–H groups in total. The van der Waals surface area contributed by atoms with E-state index in [-0.39, 0.29) is 22.6 Å². The first-order valence-corrected chi connectivity index (χ1v) is 8.67. The molecule has 1 fully saturated rings. The maximum Gasteiger partial charge on any atom is 0.586 e. The molecule has 1 unspecified atom stereocenters. The lowest BCUT2D eigenvalue weighted by atomic mass is 9.92. The van der Waals surface area contributed by atoms with Crippen LogP contribution < -0.4 is 14.8 Å². The Labute approximate surface area is 167 Å². The second kappa shape index (κ2) is 6.35. The van der Waals surface area contributed by atoms with Crippen molar-refractivity contribution in [2.75, 3.05) is 0 Å². The fourth-order valence-corrected chi connectivity index (χ4v) is 3.36. The number of rotatable bonds is 5. The van der Waals surface area contributed by atoms with Crippen molar-refractivity contribution < 1.29 is 32.4 Å².